The maximum Gasteiger partial charge on any atom is 0.333 e. The fourth-order valence-electron chi connectivity index (χ4n) is 3.43. The lowest BCUT2D eigenvalue weighted by Gasteiger charge is -2.07. The Balaban J connectivity index is 1.87. The molecule has 0 saturated carbocycles. The fourth-order valence-corrected chi connectivity index (χ4v) is 3.43. The Labute approximate surface area is 165 Å². The van der Waals surface area contributed by atoms with E-state index in [2.05, 4.69) is 5.32 Å². The third-order valence-corrected chi connectivity index (χ3v) is 4.97. The maximum atomic E-state index is 14.6. The van der Waals surface area contributed by atoms with Crippen molar-refractivity contribution in [2.24, 2.45) is 14.1 Å². The first-order valence-electron chi connectivity index (χ1n) is 9.24. The number of halogens is 1. The third-order valence-electron chi connectivity index (χ3n) is 4.97. The van der Waals surface area contributed by atoms with Crippen LogP contribution in [0.2, 0.25) is 0 Å². The largest absolute Gasteiger partial charge is 0.423 e. The summed E-state index contributed by atoms with van der Waals surface area (Å²) >= 11 is 0. The number of aryl methyl sites for hydroxylation is 1. The number of aromatic nitrogens is 2. The first-order chi connectivity index (χ1) is 14.0. The molecule has 0 aliphatic rings. The number of furan rings is 1. The van der Waals surface area contributed by atoms with E-state index in [1.54, 1.807) is 18.2 Å². The van der Waals surface area contributed by atoms with E-state index < -0.39 is 17.1 Å². The molecule has 0 spiro atoms. The van der Waals surface area contributed by atoms with Crippen LogP contribution in [0.15, 0.2) is 68.6 Å². The molecule has 29 heavy (non-hydrogen) atoms. The van der Waals surface area contributed by atoms with Gasteiger partial charge in [0.2, 0.25) is 11.6 Å². The number of hydrogen-bond acceptors (Lipinski definition) is 4. The summed E-state index contributed by atoms with van der Waals surface area (Å²) in [6.07, 6.45) is 0.714. The Hall–Kier alpha value is -3.61. The van der Waals surface area contributed by atoms with Gasteiger partial charge in [-0.25, -0.2) is 9.18 Å². The van der Waals surface area contributed by atoms with Gasteiger partial charge in [0.1, 0.15) is 11.2 Å². The number of rotatable bonds is 5. The summed E-state index contributed by atoms with van der Waals surface area (Å²) in [5.74, 6) is -0.212. The second kappa shape index (κ2) is 7.43. The zero-order valence-corrected chi connectivity index (χ0v) is 16.1. The average molecular weight is 393 g/mol. The van der Waals surface area contributed by atoms with Crippen LogP contribution >= 0.6 is 0 Å². The van der Waals surface area contributed by atoms with Crippen molar-refractivity contribution in [1.29, 1.82) is 0 Å². The lowest BCUT2D eigenvalue weighted by atomic mass is 10.0. The number of anilines is 1. The van der Waals surface area contributed by atoms with Crippen LogP contribution in [0.4, 0.5) is 10.3 Å². The summed E-state index contributed by atoms with van der Waals surface area (Å²) < 4.78 is 22.7. The average Bonchev–Trinajstić information content (AvgIpc) is 3.11. The van der Waals surface area contributed by atoms with Crippen molar-refractivity contribution in [1.82, 2.24) is 9.13 Å². The monoisotopic (exact) mass is 393 g/mol. The summed E-state index contributed by atoms with van der Waals surface area (Å²) in [7, 11) is 2.91. The third kappa shape index (κ3) is 3.24. The number of hydrogen-bond donors (Lipinski definition) is 1. The Morgan fingerprint density at radius 3 is 2.38 bits per heavy atom. The van der Waals surface area contributed by atoms with E-state index in [1.807, 2.05) is 30.3 Å². The summed E-state index contributed by atoms with van der Waals surface area (Å²) in [6.45, 7) is 0.513. The zero-order valence-electron chi connectivity index (χ0n) is 16.1. The molecule has 148 valence electrons. The number of benzene rings is 2. The highest BCUT2D eigenvalue weighted by Crippen LogP contribution is 2.37. The van der Waals surface area contributed by atoms with Gasteiger partial charge in [0.25, 0.3) is 5.56 Å². The molecular weight excluding hydrogens is 373 g/mol. The minimum atomic E-state index is -0.527. The van der Waals surface area contributed by atoms with Crippen molar-refractivity contribution in [2.45, 2.75) is 6.42 Å². The van der Waals surface area contributed by atoms with E-state index in [4.69, 9.17) is 4.42 Å². The Morgan fingerprint density at radius 2 is 1.66 bits per heavy atom. The summed E-state index contributed by atoms with van der Waals surface area (Å²) in [4.78, 5) is 25.2. The van der Waals surface area contributed by atoms with Crippen LogP contribution in [-0.2, 0) is 20.5 Å². The molecule has 1 N–H and O–H groups in total. The Bertz CT molecular complexity index is 1300. The normalized spacial score (nSPS) is 11.1. The molecule has 0 atom stereocenters. The van der Waals surface area contributed by atoms with Crippen LogP contribution in [0.1, 0.15) is 5.56 Å². The molecule has 0 radical (unpaired) electrons. The molecule has 0 unspecified atom stereocenters. The molecule has 0 amide bonds. The highest BCUT2D eigenvalue weighted by atomic mass is 19.1. The van der Waals surface area contributed by atoms with Gasteiger partial charge in [-0.3, -0.25) is 13.9 Å². The van der Waals surface area contributed by atoms with E-state index in [-0.39, 0.29) is 22.5 Å². The van der Waals surface area contributed by atoms with Gasteiger partial charge in [-0.2, -0.15) is 0 Å². The summed E-state index contributed by atoms with van der Waals surface area (Å²) in [5.41, 5.74) is 0.769. The van der Waals surface area contributed by atoms with Crippen molar-refractivity contribution in [3.63, 3.8) is 0 Å². The van der Waals surface area contributed by atoms with Gasteiger partial charge in [0, 0.05) is 26.2 Å². The molecule has 4 rings (SSSR count). The van der Waals surface area contributed by atoms with Crippen molar-refractivity contribution in [3.05, 3.63) is 86.8 Å². The van der Waals surface area contributed by atoms with Gasteiger partial charge < -0.3 is 9.73 Å². The van der Waals surface area contributed by atoms with Crippen molar-refractivity contribution in [2.75, 3.05) is 11.9 Å². The van der Waals surface area contributed by atoms with Gasteiger partial charge in [0.15, 0.2) is 0 Å². The van der Waals surface area contributed by atoms with E-state index in [9.17, 15) is 14.0 Å². The van der Waals surface area contributed by atoms with Crippen LogP contribution in [0.25, 0.3) is 22.2 Å². The van der Waals surface area contributed by atoms with Crippen LogP contribution in [0.3, 0.4) is 0 Å². The summed E-state index contributed by atoms with van der Waals surface area (Å²) in [6, 6.07) is 16.1. The molecule has 0 aliphatic carbocycles. The molecule has 2 heterocycles. The molecule has 0 aliphatic heterocycles. The Kier molecular flexibility index (Phi) is 4.80. The van der Waals surface area contributed by atoms with Crippen molar-refractivity contribution < 1.29 is 8.81 Å². The van der Waals surface area contributed by atoms with E-state index in [0.29, 0.717) is 18.5 Å². The molecule has 7 heteroatoms. The van der Waals surface area contributed by atoms with Gasteiger partial charge in [-0.15, -0.1) is 0 Å². The molecule has 0 saturated heterocycles. The lowest BCUT2D eigenvalue weighted by Crippen LogP contribution is -2.36. The predicted octanol–water partition coefficient (Wildman–Crippen LogP) is 3.29. The van der Waals surface area contributed by atoms with Crippen LogP contribution in [-0.4, -0.2) is 15.7 Å². The molecule has 4 aromatic rings. The highest BCUT2D eigenvalue weighted by Gasteiger charge is 2.24. The second-order valence-electron chi connectivity index (χ2n) is 6.83. The van der Waals surface area contributed by atoms with Crippen LogP contribution in [0.5, 0.6) is 0 Å². The summed E-state index contributed by atoms with van der Waals surface area (Å²) in [5, 5.41) is 3.34. The molecule has 6 nitrogen and oxygen atoms in total. The molecule has 2 aromatic heterocycles. The second-order valence-corrected chi connectivity index (χ2v) is 6.83. The smallest absolute Gasteiger partial charge is 0.333 e. The first kappa shape index (κ1) is 18.7. The van der Waals surface area contributed by atoms with Crippen LogP contribution in [0, 0.1) is 5.82 Å². The number of fused-ring (bicyclic) bond motifs is 1. The lowest BCUT2D eigenvalue weighted by molar-refractivity contribution is 0.572. The first-order valence-corrected chi connectivity index (χ1v) is 9.24. The van der Waals surface area contributed by atoms with Gasteiger partial charge in [-0.1, -0.05) is 48.5 Å². The standard InChI is InChI=1S/C22H20FN3O3/c1-25-20(27)18-17(15-10-6-7-11-16(15)23)19(29-21(18)26(2)22(25)28)24-13-12-14-8-4-3-5-9-14/h3-11,24H,12-13H2,1-2H3. The molecule has 0 bridgehead atoms. The highest BCUT2D eigenvalue weighted by molar-refractivity contribution is 5.98. The SMILES string of the molecule is Cn1c(=O)c2c(-c3ccccc3F)c(NCCc3ccccc3)oc2n(C)c1=O. The zero-order chi connectivity index (χ0) is 20.5. The topological polar surface area (TPSA) is 69.2 Å². The van der Waals surface area contributed by atoms with E-state index >= 15 is 0 Å². The van der Waals surface area contributed by atoms with Gasteiger partial charge in [-0.05, 0) is 18.1 Å². The molecule has 2 aromatic carbocycles. The number of nitrogens with zero attached hydrogens (tertiary/aromatic N) is 2. The van der Waals surface area contributed by atoms with Crippen molar-refractivity contribution >= 4 is 17.0 Å². The maximum absolute atomic E-state index is 14.6. The molecule has 0 fully saturated rings. The fraction of sp³-hybridized carbons (Fsp3) is 0.182. The number of nitrogens with one attached hydrogen (secondary N) is 1. The van der Waals surface area contributed by atoms with Crippen molar-refractivity contribution in [3.8, 4) is 11.1 Å². The van der Waals surface area contributed by atoms with E-state index in [0.717, 1.165) is 10.1 Å². The Morgan fingerprint density at radius 1 is 0.966 bits per heavy atom. The predicted molar refractivity (Wildman–Crippen MR) is 111 cm³/mol. The van der Waals surface area contributed by atoms with Gasteiger partial charge >= 0.3 is 5.69 Å². The quantitative estimate of drug-likeness (QED) is 0.565. The van der Waals surface area contributed by atoms with Gasteiger partial charge in [0.05, 0.1) is 5.56 Å². The van der Waals surface area contributed by atoms with Crippen LogP contribution < -0.4 is 16.6 Å². The van der Waals surface area contributed by atoms with E-state index in [1.165, 1.54) is 24.7 Å². The minimum Gasteiger partial charge on any atom is -0.423 e. The molecular formula is C22H20FN3O3. The minimum absolute atomic E-state index is 0.110.